The van der Waals surface area contributed by atoms with Gasteiger partial charge in [0.15, 0.2) is 6.04 Å². The molecule has 154 valence electrons. The summed E-state index contributed by atoms with van der Waals surface area (Å²) in [6.45, 7) is 3.48. The van der Waals surface area contributed by atoms with E-state index in [1.807, 2.05) is 19.1 Å². The third kappa shape index (κ3) is 4.81. The predicted molar refractivity (Wildman–Crippen MR) is 124 cm³/mol. The highest BCUT2D eigenvalue weighted by Crippen LogP contribution is 2.29. The fourth-order valence-corrected chi connectivity index (χ4v) is 4.59. The zero-order valence-electron chi connectivity index (χ0n) is 17.2. The molecule has 0 saturated heterocycles. The molecule has 4 rings (SSSR count). The molecule has 30 heavy (non-hydrogen) atoms. The molecule has 2 aromatic heterocycles. The number of fused-ring (bicyclic) bond motifs is 1. The van der Waals surface area contributed by atoms with E-state index in [9.17, 15) is 4.79 Å². The lowest BCUT2D eigenvalue weighted by Crippen LogP contribution is -2.92. The van der Waals surface area contributed by atoms with E-state index >= 15 is 0 Å². The Labute approximate surface area is 181 Å². The van der Waals surface area contributed by atoms with Gasteiger partial charge < -0.3 is 15.6 Å². The molecule has 0 radical (unpaired) electrons. The van der Waals surface area contributed by atoms with E-state index in [0.717, 1.165) is 18.5 Å². The van der Waals surface area contributed by atoms with Crippen molar-refractivity contribution in [3.05, 3.63) is 94.3 Å². The highest BCUT2D eigenvalue weighted by atomic mass is 32.1. The highest BCUT2D eigenvalue weighted by molar-refractivity contribution is 7.09. The molecule has 4 nitrogen and oxygen atoms in total. The molecule has 0 fully saturated rings. The maximum Gasteiger partial charge on any atom is 0.277 e. The number of benzene rings is 2. The van der Waals surface area contributed by atoms with E-state index in [4.69, 9.17) is 0 Å². The second kappa shape index (κ2) is 9.74. The predicted octanol–water partition coefficient (Wildman–Crippen LogP) is 3.67. The first-order valence-corrected chi connectivity index (χ1v) is 11.3. The number of quaternary nitrogens is 1. The molecule has 1 amide bonds. The van der Waals surface area contributed by atoms with E-state index in [1.54, 1.807) is 11.3 Å². The van der Waals surface area contributed by atoms with Gasteiger partial charge >= 0.3 is 0 Å². The van der Waals surface area contributed by atoms with E-state index in [0.29, 0.717) is 6.54 Å². The number of thiophene rings is 1. The molecule has 0 aliphatic rings. The number of nitrogens with one attached hydrogen (secondary N) is 2. The number of hydrogen-bond donors (Lipinski definition) is 3. The van der Waals surface area contributed by atoms with Gasteiger partial charge in [-0.05, 0) is 42.0 Å². The molecular formula is C25H28N3OS+. The van der Waals surface area contributed by atoms with Crippen molar-refractivity contribution in [3.63, 3.8) is 0 Å². The molecule has 2 atom stereocenters. The van der Waals surface area contributed by atoms with Gasteiger partial charge in [-0.3, -0.25) is 4.79 Å². The monoisotopic (exact) mass is 418 g/mol. The minimum atomic E-state index is -0.134. The maximum absolute atomic E-state index is 12.6. The minimum absolute atomic E-state index is 0.0947. The topological polar surface area (TPSA) is 61.5 Å². The number of amides is 1. The Balaban J connectivity index is 1.42. The highest BCUT2D eigenvalue weighted by Gasteiger charge is 2.23. The van der Waals surface area contributed by atoms with Gasteiger partial charge in [-0.25, -0.2) is 0 Å². The van der Waals surface area contributed by atoms with Crippen molar-refractivity contribution in [2.45, 2.75) is 25.3 Å². The number of carbonyl (C=O) groups excluding carboxylic acids is 1. The van der Waals surface area contributed by atoms with Crippen molar-refractivity contribution in [1.82, 2.24) is 10.3 Å². The number of hydrogen-bond acceptors (Lipinski definition) is 2. The molecule has 4 N–H and O–H groups in total. The van der Waals surface area contributed by atoms with E-state index in [1.165, 1.54) is 21.4 Å². The van der Waals surface area contributed by atoms with Crippen molar-refractivity contribution < 1.29 is 10.1 Å². The lowest BCUT2D eigenvalue weighted by Gasteiger charge is -2.18. The Morgan fingerprint density at radius 2 is 1.87 bits per heavy atom. The van der Waals surface area contributed by atoms with Crippen LogP contribution in [-0.4, -0.2) is 30.0 Å². The molecule has 2 heterocycles. The van der Waals surface area contributed by atoms with Gasteiger partial charge in [0.1, 0.15) is 0 Å². The Bertz CT molecular complexity index is 1070. The van der Waals surface area contributed by atoms with Gasteiger partial charge in [0.25, 0.3) is 5.91 Å². The summed E-state index contributed by atoms with van der Waals surface area (Å²) in [5.74, 6) is 0.306. The second-order valence-corrected chi connectivity index (χ2v) is 8.67. The van der Waals surface area contributed by atoms with Crippen LogP contribution in [0.3, 0.4) is 0 Å². The van der Waals surface area contributed by atoms with Crippen LogP contribution in [-0.2, 0) is 11.2 Å². The van der Waals surface area contributed by atoms with Crippen molar-refractivity contribution in [2.75, 3.05) is 13.1 Å². The molecule has 0 saturated carbocycles. The summed E-state index contributed by atoms with van der Waals surface area (Å²) in [6.07, 6.45) is 3.00. The van der Waals surface area contributed by atoms with Crippen molar-refractivity contribution in [1.29, 1.82) is 0 Å². The summed E-state index contributed by atoms with van der Waals surface area (Å²) in [6, 6.07) is 23.0. The maximum atomic E-state index is 12.6. The molecule has 0 aliphatic heterocycles. The third-order valence-corrected chi connectivity index (χ3v) is 6.52. The number of nitrogens with two attached hydrogens (primary N) is 1. The molecule has 0 spiro atoms. The van der Waals surface area contributed by atoms with Crippen LogP contribution in [0.15, 0.2) is 78.3 Å². The lowest BCUT2D eigenvalue weighted by atomic mass is 9.90. The summed E-state index contributed by atoms with van der Waals surface area (Å²) in [4.78, 5) is 17.3. The standard InChI is InChI=1S/C25H27N3OS/c1-18(25(29)26-14-13-20-10-7-15-30-20)27-16-22(19-8-3-2-4-9-19)23-17-28-24-12-6-5-11-21(23)24/h2-12,15,17-18,22,27-28H,13-14,16H2,1H3,(H,26,29)/p+1/t18-,22-/m0/s1. The first-order valence-electron chi connectivity index (χ1n) is 10.5. The lowest BCUT2D eigenvalue weighted by molar-refractivity contribution is -0.674. The van der Waals surface area contributed by atoms with Gasteiger partial charge in [-0.15, -0.1) is 11.3 Å². The number of para-hydroxylation sites is 1. The number of aromatic amines is 1. The molecular weight excluding hydrogens is 390 g/mol. The smallest absolute Gasteiger partial charge is 0.277 e. The Hall–Kier alpha value is -2.89. The quantitative estimate of drug-likeness (QED) is 0.382. The zero-order chi connectivity index (χ0) is 20.8. The Morgan fingerprint density at radius 3 is 2.67 bits per heavy atom. The van der Waals surface area contributed by atoms with Crippen LogP contribution in [0.2, 0.25) is 0 Å². The number of H-pyrrole nitrogens is 1. The Morgan fingerprint density at radius 1 is 1.07 bits per heavy atom. The van der Waals surface area contributed by atoms with Gasteiger partial charge in [-0.1, -0.05) is 54.6 Å². The average Bonchev–Trinajstić information content (AvgIpc) is 3.45. The van der Waals surface area contributed by atoms with E-state index in [2.05, 4.69) is 81.8 Å². The minimum Gasteiger partial charge on any atom is -0.361 e. The van der Waals surface area contributed by atoms with Gasteiger partial charge in [0.2, 0.25) is 0 Å². The SMILES string of the molecule is C[C@H]([NH2+]C[C@@H](c1ccccc1)c1c[nH]c2ccccc12)C(=O)NCCc1cccs1. The van der Waals surface area contributed by atoms with Gasteiger partial charge in [-0.2, -0.15) is 0 Å². The fourth-order valence-electron chi connectivity index (χ4n) is 3.88. The van der Waals surface area contributed by atoms with Crippen LogP contribution in [0.5, 0.6) is 0 Å². The van der Waals surface area contributed by atoms with Crippen LogP contribution in [0, 0.1) is 0 Å². The van der Waals surface area contributed by atoms with Gasteiger partial charge in [0, 0.05) is 28.5 Å². The first-order chi connectivity index (χ1) is 14.7. The van der Waals surface area contributed by atoms with E-state index in [-0.39, 0.29) is 17.9 Å². The molecule has 0 unspecified atom stereocenters. The summed E-state index contributed by atoms with van der Waals surface area (Å²) >= 11 is 1.73. The third-order valence-electron chi connectivity index (χ3n) is 5.59. The van der Waals surface area contributed by atoms with Crippen molar-refractivity contribution in [3.8, 4) is 0 Å². The van der Waals surface area contributed by atoms with Crippen molar-refractivity contribution in [2.24, 2.45) is 0 Å². The molecule has 0 aliphatic carbocycles. The summed E-state index contributed by atoms with van der Waals surface area (Å²) < 4.78 is 0. The van der Waals surface area contributed by atoms with Crippen molar-refractivity contribution >= 4 is 28.1 Å². The number of aromatic nitrogens is 1. The Kier molecular flexibility index (Phi) is 6.62. The molecule has 2 aromatic carbocycles. The fraction of sp³-hybridized carbons (Fsp3) is 0.240. The first kappa shape index (κ1) is 20.4. The zero-order valence-corrected chi connectivity index (χ0v) is 18.0. The summed E-state index contributed by atoms with van der Waals surface area (Å²) in [7, 11) is 0. The molecule has 0 bridgehead atoms. The van der Waals surface area contributed by atoms with E-state index < -0.39 is 0 Å². The average molecular weight is 419 g/mol. The summed E-state index contributed by atoms with van der Waals surface area (Å²) in [5, 5.41) is 8.55. The second-order valence-electron chi connectivity index (χ2n) is 7.63. The normalized spacial score (nSPS) is 13.2. The van der Waals surface area contributed by atoms with Gasteiger partial charge in [0.05, 0.1) is 12.5 Å². The van der Waals surface area contributed by atoms with Crippen LogP contribution in [0.4, 0.5) is 0 Å². The van der Waals surface area contributed by atoms with Crippen LogP contribution >= 0.6 is 11.3 Å². The largest absolute Gasteiger partial charge is 0.361 e. The summed E-state index contributed by atoms with van der Waals surface area (Å²) in [5.41, 5.74) is 3.69. The number of carbonyl (C=O) groups is 1. The van der Waals surface area contributed by atoms with Crippen LogP contribution in [0.25, 0.3) is 10.9 Å². The van der Waals surface area contributed by atoms with Crippen LogP contribution in [0.1, 0.15) is 28.8 Å². The van der Waals surface area contributed by atoms with Crippen LogP contribution < -0.4 is 10.6 Å². The molecule has 4 aromatic rings. The number of rotatable bonds is 9. The molecule has 5 heteroatoms.